The lowest BCUT2D eigenvalue weighted by molar-refractivity contribution is 0.499. The molecule has 0 saturated heterocycles. The molecule has 0 unspecified atom stereocenters. The van der Waals surface area contributed by atoms with Gasteiger partial charge >= 0.3 is 0 Å². The lowest BCUT2D eigenvalue weighted by Crippen LogP contribution is -2.02. The van der Waals surface area contributed by atoms with Crippen LogP contribution >= 0.6 is 0 Å². The molecule has 1 radical (unpaired) electrons. The lowest BCUT2D eigenvalue weighted by Gasteiger charge is -2.04. The van der Waals surface area contributed by atoms with Crippen LogP contribution in [0.15, 0.2) is 0 Å². The Morgan fingerprint density at radius 2 is 1.71 bits per heavy atom. The number of hydrogen-bond acceptors (Lipinski definition) is 0. The molecule has 1 nitrogen and oxygen atoms in total. The van der Waals surface area contributed by atoms with Gasteiger partial charge in [0.15, 0.2) is 0 Å². The van der Waals surface area contributed by atoms with Crippen molar-refractivity contribution >= 4 is 0 Å². The molecule has 0 aromatic rings. The molecule has 0 aromatic carbocycles. The monoisotopic (exact) mass is 100 g/mol. The quantitative estimate of drug-likeness (QED) is 0.515. The van der Waals surface area contributed by atoms with Crippen LogP contribution in [0.4, 0.5) is 0 Å². The van der Waals surface area contributed by atoms with E-state index < -0.39 is 0 Å². The molecule has 0 saturated carbocycles. The molecule has 0 bridgehead atoms. The molecule has 0 heterocycles. The molecular weight excluding hydrogens is 86.1 g/mol. The standard InChI is InChI=1S/C6H14N/c1-3-6(4-2)5-7/h6-7H,3-5H2,1-2H3. The molecule has 1 N–H and O–H groups in total. The molecule has 0 aliphatic heterocycles. The Balaban J connectivity index is 2.99. The predicted octanol–water partition coefficient (Wildman–Crippen LogP) is 1.71. The molecule has 0 aliphatic rings. The molecule has 0 aromatic heterocycles. The summed E-state index contributed by atoms with van der Waals surface area (Å²) in [5, 5.41) is 0. The van der Waals surface area contributed by atoms with Crippen LogP contribution in [0.1, 0.15) is 26.7 Å². The van der Waals surface area contributed by atoms with Gasteiger partial charge in [0.25, 0.3) is 0 Å². The maximum Gasteiger partial charge on any atom is 0.0128 e. The van der Waals surface area contributed by atoms with Crippen molar-refractivity contribution in [1.82, 2.24) is 5.73 Å². The van der Waals surface area contributed by atoms with E-state index in [0.29, 0.717) is 12.5 Å². The van der Waals surface area contributed by atoms with Gasteiger partial charge in [0.05, 0.1) is 0 Å². The third-order valence-electron chi connectivity index (χ3n) is 1.44. The average Bonchev–Trinajstić information content (AvgIpc) is 1.72. The van der Waals surface area contributed by atoms with E-state index in [4.69, 9.17) is 5.73 Å². The Morgan fingerprint density at radius 3 is 1.71 bits per heavy atom. The first-order valence-corrected chi connectivity index (χ1v) is 2.99. The van der Waals surface area contributed by atoms with Crippen LogP contribution in [0.2, 0.25) is 0 Å². The van der Waals surface area contributed by atoms with Gasteiger partial charge in [-0.05, 0) is 5.92 Å². The van der Waals surface area contributed by atoms with Gasteiger partial charge < -0.3 is 0 Å². The molecule has 0 spiro atoms. The summed E-state index contributed by atoms with van der Waals surface area (Å²) in [5.74, 6) is 0.653. The fourth-order valence-corrected chi connectivity index (χ4v) is 0.577. The highest BCUT2D eigenvalue weighted by Gasteiger charge is 1.96. The smallest absolute Gasteiger partial charge is 0.0128 e. The van der Waals surface area contributed by atoms with Gasteiger partial charge in [-0.15, -0.1) is 0 Å². The molecular formula is C6H14N. The van der Waals surface area contributed by atoms with Gasteiger partial charge in [-0.3, -0.25) is 5.73 Å². The minimum absolute atomic E-state index is 0.604. The fourth-order valence-electron chi connectivity index (χ4n) is 0.577. The zero-order valence-electron chi connectivity index (χ0n) is 5.20. The molecule has 43 valence electrons. The van der Waals surface area contributed by atoms with Crippen molar-refractivity contribution in [3.8, 4) is 0 Å². The maximum atomic E-state index is 6.96. The number of nitrogens with one attached hydrogen (secondary N) is 1. The molecule has 0 amide bonds. The Morgan fingerprint density at radius 1 is 1.29 bits per heavy atom. The third-order valence-corrected chi connectivity index (χ3v) is 1.44. The summed E-state index contributed by atoms with van der Waals surface area (Å²) >= 11 is 0. The summed E-state index contributed by atoms with van der Waals surface area (Å²) in [6, 6.07) is 0. The summed E-state index contributed by atoms with van der Waals surface area (Å²) in [6.07, 6.45) is 2.33. The zero-order valence-corrected chi connectivity index (χ0v) is 5.20. The molecule has 7 heavy (non-hydrogen) atoms. The third kappa shape index (κ3) is 2.63. The highest BCUT2D eigenvalue weighted by molar-refractivity contribution is 4.51. The van der Waals surface area contributed by atoms with Gasteiger partial charge in [-0.2, -0.15) is 0 Å². The van der Waals surface area contributed by atoms with Crippen molar-refractivity contribution in [2.24, 2.45) is 5.92 Å². The normalized spacial score (nSPS) is 10.3. The average molecular weight is 100 g/mol. The van der Waals surface area contributed by atoms with Gasteiger partial charge in [0, 0.05) is 6.54 Å². The van der Waals surface area contributed by atoms with Crippen molar-refractivity contribution in [3.63, 3.8) is 0 Å². The second-order valence-corrected chi connectivity index (χ2v) is 1.89. The highest BCUT2D eigenvalue weighted by atomic mass is 14.5. The Bertz CT molecular complexity index is 25.7. The van der Waals surface area contributed by atoms with Crippen LogP contribution in [0.3, 0.4) is 0 Å². The highest BCUT2D eigenvalue weighted by Crippen LogP contribution is 2.03. The van der Waals surface area contributed by atoms with Crippen molar-refractivity contribution in [2.75, 3.05) is 6.54 Å². The van der Waals surface area contributed by atoms with E-state index in [1.807, 2.05) is 0 Å². The van der Waals surface area contributed by atoms with Gasteiger partial charge in [-0.25, -0.2) is 0 Å². The van der Waals surface area contributed by atoms with E-state index in [1.165, 1.54) is 12.8 Å². The Hall–Kier alpha value is -0.0400. The molecule has 0 rings (SSSR count). The topological polar surface area (TPSA) is 23.8 Å². The minimum Gasteiger partial charge on any atom is -0.258 e. The number of rotatable bonds is 3. The van der Waals surface area contributed by atoms with Crippen LogP contribution in [0, 0.1) is 5.92 Å². The number of hydrogen-bond donors (Lipinski definition) is 0. The van der Waals surface area contributed by atoms with Crippen LogP contribution in [-0.4, -0.2) is 6.54 Å². The van der Waals surface area contributed by atoms with E-state index in [-0.39, 0.29) is 0 Å². The summed E-state index contributed by atoms with van der Waals surface area (Å²) in [6.45, 7) is 4.89. The Labute approximate surface area is 45.9 Å². The van der Waals surface area contributed by atoms with Gasteiger partial charge in [0.1, 0.15) is 0 Å². The molecule has 0 atom stereocenters. The Kier molecular flexibility index (Phi) is 4.10. The molecule has 1 heteroatoms. The lowest BCUT2D eigenvalue weighted by atomic mass is 10.0. The zero-order chi connectivity index (χ0) is 5.70. The predicted molar refractivity (Wildman–Crippen MR) is 32.0 cm³/mol. The fraction of sp³-hybridized carbons (Fsp3) is 1.00. The van der Waals surface area contributed by atoms with Gasteiger partial charge in [0.2, 0.25) is 0 Å². The van der Waals surface area contributed by atoms with Crippen LogP contribution in [0.5, 0.6) is 0 Å². The summed E-state index contributed by atoms with van der Waals surface area (Å²) in [4.78, 5) is 0. The second-order valence-electron chi connectivity index (χ2n) is 1.89. The van der Waals surface area contributed by atoms with Crippen molar-refractivity contribution < 1.29 is 0 Å². The van der Waals surface area contributed by atoms with E-state index in [0.717, 1.165) is 0 Å². The van der Waals surface area contributed by atoms with E-state index in [9.17, 15) is 0 Å². The maximum absolute atomic E-state index is 6.96. The van der Waals surface area contributed by atoms with E-state index in [1.54, 1.807) is 0 Å². The van der Waals surface area contributed by atoms with E-state index >= 15 is 0 Å². The van der Waals surface area contributed by atoms with Crippen molar-refractivity contribution in [2.45, 2.75) is 26.7 Å². The molecule has 0 fully saturated rings. The van der Waals surface area contributed by atoms with Crippen molar-refractivity contribution in [3.05, 3.63) is 0 Å². The first-order chi connectivity index (χ1) is 3.35. The molecule has 0 aliphatic carbocycles. The van der Waals surface area contributed by atoms with Crippen molar-refractivity contribution in [1.29, 1.82) is 0 Å². The first kappa shape index (κ1) is 6.96. The van der Waals surface area contributed by atoms with Gasteiger partial charge in [-0.1, -0.05) is 26.7 Å². The SMILES string of the molecule is CCC(CC)C[NH]. The van der Waals surface area contributed by atoms with Crippen LogP contribution < -0.4 is 5.73 Å². The summed E-state index contributed by atoms with van der Waals surface area (Å²) in [7, 11) is 0. The summed E-state index contributed by atoms with van der Waals surface area (Å²) in [5.41, 5.74) is 6.96. The largest absolute Gasteiger partial charge is 0.258 e. The van der Waals surface area contributed by atoms with Crippen LogP contribution in [0.25, 0.3) is 0 Å². The van der Waals surface area contributed by atoms with Crippen LogP contribution in [-0.2, 0) is 0 Å². The second kappa shape index (κ2) is 4.13. The van der Waals surface area contributed by atoms with E-state index in [2.05, 4.69) is 13.8 Å². The first-order valence-electron chi connectivity index (χ1n) is 2.99. The summed E-state index contributed by atoms with van der Waals surface area (Å²) < 4.78 is 0. The minimum atomic E-state index is 0.604.